The molecule has 1 saturated heterocycles. The van der Waals surface area contributed by atoms with Crippen molar-refractivity contribution in [3.63, 3.8) is 0 Å². The summed E-state index contributed by atoms with van der Waals surface area (Å²) in [5.41, 5.74) is 5.24. The topological polar surface area (TPSA) is 15.7 Å². The van der Waals surface area contributed by atoms with E-state index in [-0.39, 0.29) is 0 Å². The highest BCUT2D eigenvalue weighted by Gasteiger charge is 2.17. The molecule has 0 aromatic heterocycles. The minimum absolute atomic E-state index is 0.913. The molecule has 0 atom stereocenters. The van der Waals surface area contributed by atoms with E-state index in [9.17, 15) is 0 Å². The summed E-state index contributed by atoms with van der Waals surface area (Å²) in [6, 6.07) is 27.9. The fourth-order valence-electron chi connectivity index (χ4n) is 3.70. The van der Waals surface area contributed by atoms with Gasteiger partial charge in [0.05, 0.1) is 7.11 Å². The molecule has 1 aliphatic heterocycles. The Morgan fingerprint density at radius 2 is 1.44 bits per heavy atom. The van der Waals surface area contributed by atoms with Crippen molar-refractivity contribution in [2.24, 2.45) is 0 Å². The molecule has 0 aliphatic carbocycles. The number of rotatable bonds is 5. The molecule has 1 aliphatic rings. The number of ether oxygens (including phenoxy) is 1. The SMILES string of the molecule is COc1ccc(N2CCN(Cc3cccc(-c4ccccc4)c3)CC2)cc1. The number of hydrogen-bond acceptors (Lipinski definition) is 3. The number of hydrogen-bond donors (Lipinski definition) is 0. The van der Waals surface area contributed by atoms with Gasteiger partial charge in [-0.25, -0.2) is 0 Å². The van der Waals surface area contributed by atoms with E-state index < -0.39 is 0 Å². The van der Waals surface area contributed by atoms with Gasteiger partial charge in [-0.1, -0.05) is 48.5 Å². The zero-order valence-electron chi connectivity index (χ0n) is 15.8. The van der Waals surface area contributed by atoms with E-state index in [4.69, 9.17) is 4.74 Å². The van der Waals surface area contributed by atoms with E-state index in [0.717, 1.165) is 38.5 Å². The van der Waals surface area contributed by atoms with Gasteiger partial charge >= 0.3 is 0 Å². The Balaban J connectivity index is 1.36. The molecule has 0 bridgehead atoms. The first-order chi connectivity index (χ1) is 13.3. The number of methoxy groups -OCH3 is 1. The van der Waals surface area contributed by atoms with Gasteiger partial charge in [-0.15, -0.1) is 0 Å². The largest absolute Gasteiger partial charge is 0.497 e. The lowest BCUT2D eigenvalue weighted by molar-refractivity contribution is 0.250. The number of anilines is 1. The van der Waals surface area contributed by atoms with E-state index >= 15 is 0 Å². The van der Waals surface area contributed by atoms with Gasteiger partial charge < -0.3 is 9.64 Å². The van der Waals surface area contributed by atoms with Gasteiger partial charge in [-0.2, -0.15) is 0 Å². The summed E-state index contributed by atoms with van der Waals surface area (Å²) in [4.78, 5) is 5.00. The van der Waals surface area contributed by atoms with Crippen LogP contribution in [0, 0.1) is 0 Å². The van der Waals surface area contributed by atoms with E-state index in [2.05, 4.69) is 76.5 Å². The zero-order chi connectivity index (χ0) is 18.5. The molecule has 0 N–H and O–H groups in total. The minimum atomic E-state index is 0.913. The van der Waals surface area contributed by atoms with Gasteiger partial charge in [0.2, 0.25) is 0 Å². The van der Waals surface area contributed by atoms with Crippen molar-refractivity contribution in [1.29, 1.82) is 0 Å². The van der Waals surface area contributed by atoms with Gasteiger partial charge in [0.1, 0.15) is 5.75 Å². The molecule has 0 spiro atoms. The molecule has 1 fully saturated rings. The summed E-state index contributed by atoms with van der Waals surface area (Å²) >= 11 is 0. The minimum Gasteiger partial charge on any atom is -0.497 e. The van der Waals surface area contributed by atoms with Crippen molar-refractivity contribution in [3.05, 3.63) is 84.4 Å². The maximum Gasteiger partial charge on any atom is 0.119 e. The molecule has 0 radical (unpaired) electrons. The molecule has 138 valence electrons. The van der Waals surface area contributed by atoms with Gasteiger partial charge in [0, 0.05) is 38.4 Å². The van der Waals surface area contributed by atoms with Gasteiger partial charge in [-0.3, -0.25) is 4.90 Å². The Morgan fingerprint density at radius 1 is 0.741 bits per heavy atom. The average Bonchev–Trinajstić information content (AvgIpc) is 2.75. The zero-order valence-corrected chi connectivity index (χ0v) is 15.8. The Kier molecular flexibility index (Phi) is 5.40. The third kappa shape index (κ3) is 4.32. The third-order valence-electron chi connectivity index (χ3n) is 5.25. The lowest BCUT2D eigenvalue weighted by atomic mass is 10.0. The first kappa shape index (κ1) is 17.6. The lowest BCUT2D eigenvalue weighted by Crippen LogP contribution is -2.45. The monoisotopic (exact) mass is 358 g/mol. The van der Waals surface area contributed by atoms with Crippen LogP contribution in [0.5, 0.6) is 5.75 Å². The highest BCUT2D eigenvalue weighted by Crippen LogP contribution is 2.23. The molecule has 3 nitrogen and oxygen atoms in total. The summed E-state index contributed by atoms with van der Waals surface area (Å²) in [5.74, 6) is 0.913. The average molecular weight is 358 g/mol. The maximum atomic E-state index is 5.25. The second kappa shape index (κ2) is 8.28. The molecular weight excluding hydrogens is 332 g/mol. The van der Waals surface area contributed by atoms with E-state index in [0.29, 0.717) is 0 Å². The van der Waals surface area contributed by atoms with Crippen molar-refractivity contribution < 1.29 is 4.74 Å². The fourth-order valence-corrected chi connectivity index (χ4v) is 3.70. The highest BCUT2D eigenvalue weighted by molar-refractivity contribution is 5.63. The van der Waals surface area contributed by atoms with Crippen molar-refractivity contribution >= 4 is 5.69 Å². The van der Waals surface area contributed by atoms with Crippen molar-refractivity contribution in [2.45, 2.75) is 6.54 Å². The number of nitrogens with zero attached hydrogens (tertiary/aromatic N) is 2. The van der Waals surface area contributed by atoms with E-state index in [1.807, 2.05) is 12.1 Å². The van der Waals surface area contributed by atoms with Crippen LogP contribution in [0.3, 0.4) is 0 Å². The van der Waals surface area contributed by atoms with Crippen LogP contribution < -0.4 is 9.64 Å². The molecule has 1 heterocycles. The van der Waals surface area contributed by atoms with Crippen LogP contribution in [-0.2, 0) is 6.54 Å². The highest BCUT2D eigenvalue weighted by atomic mass is 16.5. The second-order valence-corrected chi connectivity index (χ2v) is 7.03. The van der Waals surface area contributed by atoms with Crippen molar-refractivity contribution in [2.75, 3.05) is 38.2 Å². The standard InChI is InChI=1S/C24H26N2O/c1-27-24-12-10-23(11-13-24)26-16-14-25(15-17-26)19-20-6-5-9-22(18-20)21-7-3-2-4-8-21/h2-13,18H,14-17,19H2,1H3. The molecule has 4 rings (SSSR count). The van der Waals surface area contributed by atoms with Crippen molar-refractivity contribution in [3.8, 4) is 16.9 Å². The normalized spacial score (nSPS) is 14.9. The summed E-state index contributed by atoms with van der Waals surface area (Å²) in [5, 5.41) is 0. The van der Waals surface area contributed by atoms with E-state index in [1.165, 1.54) is 22.4 Å². The smallest absolute Gasteiger partial charge is 0.119 e. The molecule has 0 amide bonds. The van der Waals surface area contributed by atoms with Crippen LogP contribution in [0.1, 0.15) is 5.56 Å². The molecule has 3 heteroatoms. The third-order valence-corrected chi connectivity index (χ3v) is 5.25. The molecule has 0 saturated carbocycles. The molecule has 0 unspecified atom stereocenters. The predicted octanol–water partition coefficient (Wildman–Crippen LogP) is 4.68. The van der Waals surface area contributed by atoms with Crippen LogP contribution in [0.4, 0.5) is 5.69 Å². The van der Waals surface area contributed by atoms with Crippen LogP contribution in [0.15, 0.2) is 78.9 Å². The van der Waals surface area contributed by atoms with Crippen LogP contribution in [0.2, 0.25) is 0 Å². The van der Waals surface area contributed by atoms with Gasteiger partial charge in [0.15, 0.2) is 0 Å². The maximum absolute atomic E-state index is 5.25. The second-order valence-electron chi connectivity index (χ2n) is 7.03. The summed E-state index contributed by atoms with van der Waals surface area (Å²) in [7, 11) is 1.71. The predicted molar refractivity (Wildman–Crippen MR) is 112 cm³/mol. The van der Waals surface area contributed by atoms with Gasteiger partial charge in [0.25, 0.3) is 0 Å². The summed E-state index contributed by atoms with van der Waals surface area (Å²) in [6.07, 6.45) is 0. The first-order valence-electron chi connectivity index (χ1n) is 9.57. The fraction of sp³-hybridized carbons (Fsp3) is 0.250. The Labute approximate surface area is 161 Å². The number of piperazine rings is 1. The Hall–Kier alpha value is -2.78. The van der Waals surface area contributed by atoms with E-state index in [1.54, 1.807) is 7.11 Å². The van der Waals surface area contributed by atoms with Crippen LogP contribution in [0.25, 0.3) is 11.1 Å². The first-order valence-corrected chi connectivity index (χ1v) is 9.57. The van der Waals surface area contributed by atoms with Crippen LogP contribution >= 0.6 is 0 Å². The Morgan fingerprint density at radius 3 is 2.15 bits per heavy atom. The number of benzene rings is 3. The molecular formula is C24H26N2O. The van der Waals surface area contributed by atoms with Crippen LogP contribution in [-0.4, -0.2) is 38.2 Å². The quantitative estimate of drug-likeness (QED) is 0.658. The molecule has 3 aromatic rings. The molecule has 3 aromatic carbocycles. The van der Waals surface area contributed by atoms with Crippen molar-refractivity contribution in [1.82, 2.24) is 4.90 Å². The Bertz CT molecular complexity index is 853. The molecule has 27 heavy (non-hydrogen) atoms. The van der Waals surface area contributed by atoms with Gasteiger partial charge in [-0.05, 0) is 47.0 Å². The summed E-state index contributed by atoms with van der Waals surface area (Å²) < 4.78 is 5.25. The lowest BCUT2D eigenvalue weighted by Gasteiger charge is -2.36. The summed E-state index contributed by atoms with van der Waals surface area (Å²) in [6.45, 7) is 5.30.